The lowest BCUT2D eigenvalue weighted by Gasteiger charge is -2.22. The van der Waals surface area contributed by atoms with Gasteiger partial charge in [-0.3, -0.25) is 9.59 Å². The summed E-state index contributed by atoms with van der Waals surface area (Å²) in [6, 6.07) is 5.26. The summed E-state index contributed by atoms with van der Waals surface area (Å²) in [5.41, 5.74) is 0.501. The summed E-state index contributed by atoms with van der Waals surface area (Å²) >= 11 is 0. The van der Waals surface area contributed by atoms with Crippen LogP contribution in [-0.4, -0.2) is 30.9 Å². The van der Waals surface area contributed by atoms with E-state index in [0.717, 1.165) is 25.8 Å². The highest BCUT2D eigenvalue weighted by Crippen LogP contribution is 2.08. The number of hydrogen-bond acceptors (Lipinski definition) is 3. The first kappa shape index (κ1) is 17.4. The fraction of sp³-hybridized carbons (Fsp3) is 0.429. The summed E-state index contributed by atoms with van der Waals surface area (Å²) in [6.07, 6.45) is 2.90. The summed E-state index contributed by atoms with van der Waals surface area (Å²) in [5.74, 6) is -0.848. The molecule has 0 radical (unpaired) electrons. The Morgan fingerprint density at radius 1 is 1.24 bits per heavy atom. The van der Waals surface area contributed by atoms with E-state index < -0.39 is 0 Å². The Hall–Kier alpha value is -1.66. The minimum Gasteiger partial charge on any atom is -0.346 e. The number of carbonyl (C=O) groups excluding carboxylic acids is 2. The van der Waals surface area contributed by atoms with Crippen molar-refractivity contribution < 1.29 is 14.0 Å². The van der Waals surface area contributed by atoms with Gasteiger partial charge in [-0.15, -0.1) is 12.4 Å². The van der Waals surface area contributed by atoms with Crippen LogP contribution in [0.3, 0.4) is 0 Å². The minimum absolute atomic E-state index is 0. The van der Waals surface area contributed by atoms with Crippen molar-refractivity contribution in [1.82, 2.24) is 10.6 Å². The lowest BCUT2D eigenvalue weighted by Crippen LogP contribution is -2.48. The van der Waals surface area contributed by atoms with Gasteiger partial charge < -0.3 is 16.0 Å². The first-order chi connectivity index (χ1) is 9.65. The second kappa shape index (κ2) is 8.59. The number of rotatable bonds is 4. The number of nitrogens with one attached hydrogen (secondary N) is 3. The molecule has 2 rings (SSSR count). The molecular weight excluding hydrogens is 297 g/mol. The average molecular weight is 316 g/mol. The molecular formula is C14H19ClFN3O2. The van der Waals surface area contributed by atoms with Crippen molar-refractivity contribution in [3.05, 3.63) is 30.1 Å². The first-order valence-corrected chi connectivity index (χ1v) is 6.71. The van der Waals surface area contributed by atoms with Gasteiger partial charge in [-0.1, -0.05) is 6.42 Å². The van der Waals surface area contributed by atoms with Gasteiger partial charge in [0, 0.05) is 5.69 Å². The Balaban J connectivity index is 0.00000220. The van der Waals surface area contributed by atoms with Crippen LogP contribution in [0.4, 0.5) is 10.1 Å². The highest BCUT2D eigenvalue weighted by Gasteiger charge is 2.20. The van der Waals surface area contributed by atoms with E-state index in [1.54, 1.807) is 0 Å². The third kappa shape index (κ3) is 5.69. The lowest BCUT2D eigenvalue weighted by atomic mass is 10.0. The zero-order valence-electron chi connectivity index (χ0n) is 11.5. The molecule has 0 spiro atoms. The number of halogens is 2. The maximum Gasteiger partial charge on any atom is 0.243 e. The summed E-state index contributed by atoms with van der Waals surface area (Å²) < 4.78 is 12.7. The molecule has 1 atom stereocenters. The van der Waals surface area contributed by atoms with Crippen LogP contribution in [0.1, 0.15) is 19.3 Å². The Kier molecular flexibility index (Phi) is 7.11. The summed E-state index contributed by atoms with van der Waals surface area (Å²) in [7, 11) is 0. The van der Waals surface area contributed by atoms with Crippen molar-refractivity contribution in [1.29, 1.82) is 0 Å². The van der Waals surface area contributed by atoms with Crippen molar-refractivity contribution in [3.63, 3.8) is 0 Å². The number of amides is 2. The molecule has 0 aromatic heterocycles. The number of hydrogen-bond donors (Lipinski definition) is 3. The molecule has 1 aromatic carbocycles. The molecule has 0 bridgehead atoms. The predicted octanol–water partition coefficient (Wildman–Crippen LogP) is 1.44. The van der Waals surface area contributed by atoms with Crippen LogP contribution in [0, 0.1) is 5.82 Å². The van der Waals surface area contributed by atoms with E-state index in [-0.39, 0.29) is 42.6 Å². The van der Waals surface area contributed by atoms with Crippen LogP contribution in [-0.2, 0) is 9.59 Å². The minimum atomic E-state index is -0.361. The van der Waals surface area contributed by atoms with Gasteiger partial charge in [-0.25, -0.2) is 4.39 Å². The molecule has 2 amide bonds. The smallest absolute Gasteiger partial charge is 0.243 e. The summed E-state index contributed by atoms with van der Waals surface area (Å²) in [6.45, 7) is 0.744. The SMILES string of the molecule is Cl.O=C(CNC(=O)C1CCCCN1)Nc1ccc(F)cc1. The number of anilines is 1. The van der Waals surface area contributed by atoms with Crippen LogP contribution in [0.2, 0.25) is 0 Å². The summed E-state index contributed by atoms with van der Waals surface area (Å²) in [5, 5.41) is 8.30. The molecule has 1 aliphatic heterocycles. The van der Waals surface area contributed by atoms with E-state index in [4.69, 9.17) is 0 Å². The molecule has 1 unspecified atom stereocenters. The predicted molar refractivity (Wildman–Crippen MR) is 80.9 cm³/mol. The molecule has 1 fully saturated rings. The van der Waals surface area contributed by atoms with Gasteiger partial charge in [0.1, 0.15) is 5.82 Å². The molecule has 1 aromatic rings. The Labute approximate surface area is 129 Å². The van der Waals surface area contributed by atoms with E-state index in [1.807, 2.05) is 0 Å². The Morgan fingerprint density at radius 3 is 2.57 bits per heavy atom. The summed E-state index contributed by atoms with van der Waals surface area (Å²) in [4.78, 5) is 23.4. The maximum atomic E-state index is 12.7. The zero-order valence-corrected chi connectivity index (χ0v) is 12.3. The van der Waals surface area contributed by atoms with Gasteiger partial charge in [0.15, 0.2) is 0 Å². The van der Waals surface area contributed by atoms with Crippen molar-refractivity contribution in [2.24, 2.45) is 0 Å². The highest BCUT2D eigenvalue weighted by atomic mass is 35.5. The van der Waals surface area contributed by atoms with Crippen LogP contribution in [0.5, 0.6) is 0 Å². The van der Waals surface area contributed by atoms with Gasteiger partial charge >= 0.3 is 0 Å². The average Bonchev–Trinajstić information content (AvgIpc) is 2.48. The highest BCUT2D eigenvalue weighted by molar-refractivity contribution is 5.95. The molecule has 1 saturated heterocycles. The van der Waals surface area contributed by atoms with Crippen molar-refractivity contribution in [2.75, 3.05) is 18.4 Å². The number of benzene rings is 1. The third-order valence-electron chi connectivity index (χ3n) is 3.18. The molecule has 3 N–H and O–H groups in total. The maximum absolute atomic E-state index is 12.7. The molecule has 116 valence electrons. The van der Waals surface area contributed by atoms with Crippen molar-refractivity contribution >= 4 is 29.9 Å². The standard InChI is InChI=1S/C14H18FN3O2.ClH/c15-10-4-6-11(7-5-10)18-13(19)9-17-14(20)12-3-1-2-8-16-12;/h4-7,12,16H,1-3,8-9H2,(H,17,20)(H,18,19);1H. The number of piperidine rings is 1. The largest absolute Gasteiger partial charge is 0.346 e. The van der Waals surface area contributed by atoms with Crippen molar-refractivity contribution in [2.45, 2.75) is 25.3 Å². The molecule has 7 heteroatoms. The second-order valence-electron chi connectivity index (χ2n) is 4.78. The second-order valence-corrected chi connectivity index (χ2v) is 4.78. The van der Waals surface area contributed by atoms with E-state index in [9.17, 15) is 14.0 Å². The van der Waals surface area contributed by atoms with Gasteiger partial charge in [-0.2, -0.15) is 0 Å². The fourth-order valence-corrected chi connectivity index (χ4v) is 2.10. The zero-order chi connectivity index (χ0) is 14.4. The lowest BCUT2D eigenvalue weighted by molar-refractivity contribution is -0.126. The topological polar surface area (TPSA) is 70.2 Å². The Morgan fingerprint density at radius 2 is 1.95 bits per heavy atom. The number of carbonyl (C=O) groups is 2. The van der Waals surface area contributed by atoms with Crippen LogP contribution < -0.4 is 16.0 Å². The van der Waals surface area contributed by atoms with Gasteiger partial charge in [0.25, 0.3) is 0 Å². The fourth-order valence-electron chi connectivity index (χ4n) is 2.10. The van der Waals surface area contributed by atoms with Crippen LogP contribution >= 0.6 is 12.4 Å². The molecule has 1 heterocycles. The molecule has 5 nitrogen and oxygen atoms in total. The molecule has 21 heavy (non-hydrogen) atoms. The van der Waals surface area contributed by atoms with Gasteiger partial charge in [-0.05, 0) is 43.7 Å². The van der Waals surface area contributed by atoms with Gasteiger partial charge in [0.2, 0.25) is 11.8 Å². The monoisotopic (exact) mass is 315 g/mol. The quantitative estimate of drug-likeness (QED) is 0.787. The molecule has 0 aliphatic carbocycles. The van der Waals surface area contributed by atoms with Crippen LogP contribution in [0.25, 0.3) is 0 Å². The molecule has 1 aliphatic rings. The third-order valence-corrected chi connectivity index (χ3v) is 3.18. The van der Waals surface area contributed by atoms with Gasteiger partial charge in [0.05, 0.1) is 12.6 Å². The first-order valence-electron chi connectivity index (χ1n) is 6.71. The Bertz CT molecular complexity index is 476. The molecule has 0 saturated carbocycles. The van der Waals surface area contributed by atoms with E-state index in [2.05, 4.69) is 16.0 Å². The van der Waals surface area contributed by atoms with E-state index in [0.29, 0.717) is 5.69 Å². The van der Waals surface area contributed by atoms with E-state index in [1.165, 1.54) is 24.3 Å². The normalized spacial score (nSPS) is 17.5. The van der Waals surface area contributed by atoms with Crippen molar-refractivity contribution in [3.8, 4) is 0 Å². The van der Waals surface area contributed by atoms with E-state index >= 15 is 0 Å². The van der Waals surface area contributed by atoms with Crippen LogP contribution in [0.15, 0.2) is 24.3 Å².